The van der Waals surface area contributed by atoms with Crippen molar-refractivity contribution in [2.45, 2.75) is 45.2 Å². The number of carbonyl (C=O) groups excluding carboxylic acids is 1. The summed E-state index contributed by atoms with van der Waals surface area (Å²) in [7, 11) is 2.18. The van der Waals surface area contributed by atoms with Gasteiger partial charge in [-0.05, 0) is 58.1 Å². The summed E-state index contributed by atoms with van der Waals surface area (Å²) in [5.41, 5.74) is 5.98. The third-order valence-corrected chi connectivity index (χ3v) is 4.95. The highest BCUT2D eigenvalue weighted by Crippen LogP contribution is 2.19. The summed E-state index contributed by atoms with van der Waals surface area (Å²) >= 11 is 1.75. The Morgan fingerprint density at radius 2 is 2.00 bits per heavy atom. The second-order valence-electron chi connectivity index (χ2n) is 6.19. The molecule has 0 spiro atoms. The van der Waals surface area contributed by atoms with Gasteiger partial charge in [0.2, 0.25) is 5.91 Å². The van der Waals surface area contributed by atoms with Crippen molar-refractivity contribution in [2.24, 2.45) is 11.7 Å². The van der Waals surface area contributed by atoms with Crippen molar-refractivity contribution in [3.05, 3.63) is 0 Å². The van der Waals surface area contributed by atoms with Crippen LogP contribution in [0.15, 0.2) is 0 Å². The highest BCUT2D eigenvalue weighted by Gasteiger charge is 2.26. The zero-order valence-electron chi connectivity index (χ0n) is 13.5. The molecule has 0 aliphatic carbocycles. The molecule has 1 atom stereocenters. The Bertz CT molecular complexity index is 291. The van der Waals surface area contributed by atoms with E-state index in [0.717, 1.165) is 44.6 Å². The molecule has 1 aliphatic heterocycles. The number of thioether (sulfide) groups is 1. The molecule has 2 N–H and O–H groups in total. The van der Waals surface area contributed by atoms with Crippen molar-refractivity contribution >= 4 is 17.7 Å². The third kappa shape index (κ3) is 5.62. The molecule has 0 bridgehead atoms. The van der Waals surface area contributed by atoms with Gasteiger partial charge in [-0.3, -0.25) is 4.79 Å². The first kappa shape index (κ1) is 17.8. The molecule has 5 heteroatoms. The van der Waals surface area contributed by atoms with Crippen LogP contribution < -0.4 is 5.73 Å². The second-order valence-corrected chi connectivity index (χ2v) is 7.18. The van der Waals surface area contributed by atoms with Crippen LogP contribution in [0.1, 0.15) is 33.1 Å². The molecule has 4 nitrogen and oxygen atoms in total. The largest absolute Gasteiger partial charge is 0.341 e. The molecular formula is C15H31N3OS. The fourth-order valence-corrected chi connectivity index (χ4v) is 3.05. The normalized spacial score (nSPS) is 18.9. The minimum atomic E-state index is -0.308. The smallest absolute Gasteiger partial charge is 0.239 e. The molecule has 1 aliphatic rings. The maximum atomic E-state index is 12.2. The van der Waals surface area contributed by atoms with Gasteiger partial charge in [-0.25, -0.2) is 0 Å². The monoisotopic (exact) mass is 301 g/mol. The van der Waals surface area contributed by atoms with E-state index < -0.39 is 0 Å². The van der Waals surface area contributed by atoms with E-state index >= 15 is 0 Å². The van der Waals surface area contributed by atoms with E-state index in [9.17, 15) is 4.79 Å². The lowest BCUT2D eigenvalue weighted by molar-refractivity contribution is -0.134. The van der Waals surface area contributed by atoms with Crippen molar-refractivity contribution in [3.63, 3.8) is 0 Å². The SMILES string of the molecule is CSCC[C@@H](N)C(=O)N1CCC(CN(C)C(C)C)CC1. The predicted molar refractivity (Wildman–Crippen MR) is 88.0 cm³/mol. The molecule has 1 fully saturated rings. The van der Waals surface area contributed by atoms with Gasteiger partial charge in [0, 0.05) is 25.7 Å². The average Bonchev–Trinajstić information content (AvgIpc) is 2.44. The number of hydrogen-bond acceptors (Lipinski definition) is 4. The Hall–Kier alpha value is -0.260. The number of amides is 1. The van der Waals surface area contributed by atoms with Gasteiger partial charge < -0.3 is 15.5 Å². The first-order valence-electron chi connectivity index (χ1n) is 7.69. The zero-order valence-corrected chi connectivity index (χ0v) is 14.3. The van der Waals surface area contributed by atoms with E-state index in [4.69, 9.17) is 5.73 Å². The lowest BCUT2D eigenvalue weighted by atomic mass is 9.95. The summed E-state index contributed by atoms with van der Waals surface area (Å²) < 4.78 is 0. The van der Waals surface area contributed by atoms with Crippen molar-refractivity contribution in [1.29, 1.82) is 0 Å². The molecule has 1 rings (SSSR count). The maximum Gasteiger partial charge on any atom is 0.239 e. The van der Waals surface area contributed by atoms with Gasteiger partial charge >= 0.3 is 0 Å². The van der Waals surface area contributed by atoms with Crippen molar-refractivity contribution in [2.75, 3.05) is 38.7 Å². The number of rotatable bonds is 7. The number of nitrogens with zero attached hydrogens (tertiary/aromatic N) is 2. The van der Waals surface area contributed by atoms with Gasteiger partial charge in [-0.15, -0.1) is 0 Å². The minimum Gasteiger partial charge on any atom is -0.341 e. The van der Waals surface area contributed by atoms with Crippen LogP contribution in [0.25, 0.3) is 0 Å². The minimum absolute atomic E-state index is 0.148. The predicted octanol–water partition coefficient (Wildman–Crippen LogP) is 1.65. The topological polar surface area (TPSA) is 49.6 Å². The van der Waals surface area contributed by atoms with E-state index in [2.05, 4.69) is 25.8 Å². The summed E-state index contributed by atoms with van der Waals surface area (Å²) in [6, 6.07) is 0.284. The van der Waals surface area contributed by atoms with Gasteiger partial charge in [0.25, 0.3) is 0 Å². The van der Waals surface area contributed by atoms with Gasteiger partial charge in [0.05, 0.1) is 6.04 Å². The summed E-state index contributed by atoms with van der Waals surface area (Å²) in [6.07, 6.45) is 5.06. The van der Waals surface area contributed by atoms with Crippen LogP contribution >= 0.6 is 11.8 Å². The van der Waals surface area contributed by atoms with Crippen LogP contribution in [0.5, 0.6) is 0 Å². The van der Waals surface area contributed by atoms with E-state index in [1.807, 2.05) is 11.2 Å². The van der Waals surface area contributed by atoms with Crippen LogP contribution in [0.4, 0.5) is 0 Å². The Morgan fingerprint density at radius 3 is 2.50 bits per heavy atom. The lowest BCUT2D eigenvalue weighted by Crippen LogP contribution is -2.48. The number of hydrogen-bond donors (Lipinski definition) is 1. The number of likely N-dealkylation sites (tertiary alicyclic amines) is 1. The molecule has 1 heterocycles. The number of nitrogens with two attached hydrogens (primary N) is 1. The highest BCUT2D eigenvalue weighted by molar-refractivity contribution is 7.98. The fraction of sp³-hybridized carbons (Fsp3) is 0.933. The molecule has 118 valence electrons. The second kappa shape index (κ2) is 8.90. The van der Waals surface area contributed by atoms with Crippen LogP contribution in [0.3, 0.4) is 0 Å². The van der Waals surface area contributed by atoms with Gasteiger partial charge in [-0.2, -0.15) is 11.8 Å². The fourth-order valence-electron chi connectivity index (χ4n) is 2.56. The molecule has 0 radical (unpaired) electrons. The summed E-state index contributed by atoms with van der Waals surface area (Å²) in [5.74, 6) is 1.83. The quantitative estimate of drug-likeness (QED) is 0.777. The maximum absolute atomic E-state index is 12.2. The summed E-state index contributed by atoms with van der Waals surface area (Å²) in [4.78, 5) is 16.6. The summed E-state index contributed by atoms with van der Waals surface area (Å²) in [6.45, 7) is 7.34. The zero-order chi connectivity index (χ0) is 15.1. The Morgan fingerprint density at radius 1 is 1.40 bits per heavy atom. The van der Waals surface area contributed by atoms with Gasteiger partial charge in [0.15, 0.2) is 0 Å². The van der Waals surface area contributed by atoms with Gasteiger partial charge in [-0.1, -0.05) is 0 Å². The van der Waals surface area contributed by atoms with E-state index in [0.29, 0.717) is 12.0 Å². The van der Waals surface area contributed by atoms with Crippen molar-refractivity contribution < 1.29 is 4.79 Å². The summed E-state index contributed by atoms with van der Waals surface area (Å²) in [5, 5.41) is 0. The average molecular weight is 302 g/mol. The first-order chi connectivity index (χ1) is 9.45. The molecule has 0 aromatic rings. The molecule has 0 unspecified atom stereocenters. The van der Waals surface area contributed by atoms with Crippen LogP contribution in [0, 0.1) is 5.92 Å². The van der Waals surface area contributed by atoms with Crippen LogP contribution in [-0.2, 0) is 4.79 Å². The molecule has 0 aromatic heterocycles. The van der Waals surface area contributed by atoms with Crippen LogP contribution in [-0.4, -0.2) is 66.5 Å². The Labute approximate surface area is 128 Å². The lowest BCUT2D eigenvalue weighted by Gasteiger charge is -2.36. The molecule has 1 amide bonds. The number of carbonyl (C=O) groups is 1. The third-order valence-electron chi connectivity index (χ3n) is 4.30. The van der Waals surface area contributed by atoms with Crippen LogP contribution in [0.2, 0.25) is 0 Å². The highest BCUT2D eigenvalue weighted by atomic mass is 32.2. The molecule has 0 aromatic carbocycles. The number of piperidine rings is 1. The standard InChI is InChI=1S/C15H31N3OS/c1-12(2)17(3)11-13-5-8-18(9-6-13)15(19)14(16)7-10-20-4/h12-14H,5-11,16H2,1-4H3/t14-/m1/s1. The molecule has 1 saturated heterocycles. The van der Waals surface area contributed by atoms with E-state index in [1.54, 1.807) is 11.8 Å². The Kier molecular flexibility index (Phi) is 7.92. The van der Waals surface area contributed by atoms with Crippen molar-refractivity contribution in [3.8, 4) is 0 Å². The van der Waals surface area contributed by atoms with E-state index in [1.165, 1.54) is 0 Å². The molecule has 0 saturated carbocycles. The Balaban J connectivity index is 2.32. The van der Waals surface area contributed by atoms with E-state index in [-0.39, 0.29) is 11.9 Å². The first-order valence-corrected chi connectivity index (χ1v) is 9.08. The van der Waals surface area contributed by atoms with Gasteiger partial charge in [0.1, 0.15) is 0 Å². The van der Waals surface area contributed by atoms with Crippen molar-refractivity contribution in [1.82, 2.24) is 9.80 Å². The molecular weight excluding hydrogens is 270 g/mol. The molecule has 20 heavy (non-hydrogen) atoms.